The van der Waals surface area contributed by atoms with E-state index in [0.29, 0.717) is 16.6 Å². The van der Waals surface area contributed by atoms with Crippen molar-refractivity contribution >= 4 is 22.4 Å². The third kappa shape index (κ3) is 1.81. The van der Waals surface area contributed by atoms with Crippen molar-refractivity contribution in [1.82, 2.24) is 9.97 Å². The number of ether oxygens (including phenoxy) is 1. The average molecular weight is 239 g/mol. The van der Waals surface area contributed by atoms with Crippen LogP contribution in [0.15, 0.2) is 18.5 Å². The Morgan fingerprint density at radius 2 is 2.06 bits per heavy atom. The Bertz CT molecular complexity index is 529. The number of methoxy groups -OCH3 is 1. The van der Waals surface area contributed by atoms with Crippen LogP contribution in [0.25, 0.3) is 10.8 Å². The van der Waals surface area contributed by atoms with E-state index in [1.165, 1.54) is 0 Å². The van der Waals surface area contributed by atoms with Crippen molar-refractivity contribution in [3.05, 3.63) is 29.2 Å². The minimum absolute atomic E-state index is 0.377. The molecular formula is C11H11ClN2O2. The minimum Gasteiger partial charge on any atom is -0.481 e. The zero-order chi connectivity index (χ0) is 11.7. The van der Waals surface area contributed by atoms with Crippen LogP contribution in [0.1, 0.15) is 18.6 Å². The first-order chi connectivity index (χ1) is 7.63. The summed E-state index contributed by atoms with van der Waals surface area (Å²) >= 11 is 5.84. The lowest BCUT2D eigenvalue weighted by atomic mass is 10.1. The number of halogens is 1. The van der Waals surface area contributed by atoms with Crippen LogP contribution in [0.5, 0.6) is 5.88 Å². The molecule has 0 aromatic carbocycles. The van der Waals surface area contributed by atoms with Gasteiger partial charge in [0.05, 0.1) is 18.6 Å². The molecule has 2 heterocycles. The van der Waals surface area contributed by atoms with Crippen LogP contribution >= 0.6 is 11.6 Å². The first-order valence-corrected chi connectivity index (χ1v) is 5.17. The zero-order valence-corrected chi connectivity index (χ0v) is 9.69. The van der Waals surface area contributed by atoms with Gasteiger partial charge in [-0.3, -0.25) is 0 Å². The number of aliphatic hydroxyl groups is 1. The summed E-state index contributed by atoms with van der Waals surface area (Å²) in [6.45, 7) is 1.68. The molecule has 1 atom stereocenters. The maximum absolute atomic E-state index is 9.63. The van der Waals surface area contributed by atoms with E-state index < -0.39 is 6.10 Å². The standard InChI is InChI=1S/C11H11ClN2O2/c1-6(15)8-4-14-11(16-2)9-5-13-10(12)3-7(8)9/h3-6,15H,1-2H3. The molecule has 0 fully saturated rings. The Kier molecular flexibility index (Phi) is 2.94. The van der Waals surface area contributed by atoms with Crippen LogP contribution in [0, 0.1) is 0 Å². The highest BCUT2D eigenvalue weighted by molar-refractivity contribution is 6.30. The molecule has 0 aliphatic rings. The molecule has 0 aliphatic carbocycles. The lowest BCUT2D eigenvalue weighted by Gasteiger charge is -2.11. The Balaban J connectivity index is 2.80. The van der Waals surface area contributed by atoms with Crippen molar-refractivity contribution in [3.8, 4) is 5.88 Å². The van der Waals surface area contributed by atoms with Crippen LogP contribution in [0.2, 0.25) is 5.15 Å². The van der Waals surface area contributed by atoms with E-state index in [1.54, 1.807) is 32.5 Å². The van der Waals surface area contributed by atoms with E-state index in [4.69, 9.17) is 16.3 Å². The van der Waals surface area contributed by atoms with Crippen LogP contribution in [-0.4, -0.2) is 22.2 Å². The molecule has 84 valence electrons. The quantitative estimate of drug-likeness (QED) is 0.816. The molecule has 4 nitrogen and oxygen atoms in total. The van der Waals surface area contributed by atoms with Gasteiger partial charge in [0.2, 0.25) is 5.88 Å². The first-order valence-electron chi connectivity index (χ1n) is 4.79. The van der Waals surface area contributed by atoms with Gasteiger partial charge in [0.25, 0.3) is 0 Å². The van der Waals surface area contributed by atoms with Gasteiger partial charge in [0, 0.05) is 18.0 Å². The smallest absolute Gasteiger partial charge is 0.222 e. The summed E-state index contributed by atoms with van der Waals surface area (Å²) in [5.41, 5.74) is 0.708. The predicted molar refractivity (Wildman–Crippen MR) is 61.7 cm³/mol. The van der Waals surface area contributed by atoms with E-state index in [1.807, 2.05) is 0 Å². The number of hydrogen-bond donors (Lipinski definition) is 1. The molecule has 2 aromatic heterocycles. The molecule has 5 heteroatoms. The van der Waals surface area contributed by atoms with E-state index in [-0.39, 0.29) is 0 Å². The maximum Gasteiger partial charge on any atom is 0.222 e. The second-order valence-corrected chi connectivity index (χ2v) is 3.84. The summed E-state index contributed by atoms with van der Waals surface area (Å²) in [5, 5.41) is 11.6. The molecular weight excluding hydrogens is 228 g/mol. The number of rotatable bonds is 2. The summed E-state index contributed by atoms with van der Waals surface area (Å²) in [4.78, 5) is 8.09. The largest absolute Gasteiger partial charge is 0.481 e. The Labute approximate surface area is 97.9 Å². The Morgan fingerprint density at radius 3 is 2.69 bits per heavy atom. The highest BCUT2D eigenvalue weighted by Crippen LogP contribution is 2.30. The van der Waals surface area contributed by atoms with Crippen molar-refractivity contribution in [1.29, 1.82) is 0 Å². The van der Waals surface area contributed by atoms with E-state index >= 15 is 0 Å². The minimum atomic E-state index is -0.612. The second-order valence-electron chi connectivity index (χ2n) is 3.45. The molecule has 16 heavy (non-hydrogen) atoms. The molecule has 0 radical (unpaired) electrons. The molecule has 0 saturated carbocycles. The first kappa shape index (κ1) is 11.1. The van der Waals surface area contributed by atoms with Crippen molar-refractivity contribution < 1.29 is 9.84 Å². The SMILES string of the molecule is COc1ncc(C(C)O)c2cc(Cl)ncc12. The van der Waals surface area contributed by atoms with Gasteiger partial charge in [0.1, 0.15) is 5.15 Å². The van der Waals surface area contributed by atoms with Gasteiger partial charge in [-0.2, -0.15) is 0 Å². The fourth-order valence-electron chi connectivity index (χ4n) is 1.60. The third-order valence-corrected chi connectivity index (χ3v) is 2.58. The van der Waals surface area contributed by atoms with Gasteiger partial charge < -0.3 is 9.84 Å². The number of aliphatic hydroxyl groups excluding tert-OH is 1. The second kappa shape index (κ2) is 4.23. The summed E-state index contributed by atoms with van der Waals surface area (Å²) in [6, 6.07) is 1.70. The van der Waals surface area contributed by atoms with Crippen molar-refractivity contribution in [2.75, 3.05) is 7.11 Å². The summed E-state index contributed by atoms with van der Waals surface area (Å²) < 4.78 is 5.13. The normalized spacial score (nSPS) is 12.8. The summed E-state index contributed by atoms with van der Waals surface area (Å²) in [6.07, 6.45) is 2.57. The average Bonchev–Trinajstić information content (AvgIpc) is 2.26. The number of pyridine rings is 2. The molecule has 2 aromatic rings. The monoisotopic (exact) mass is 238 g/mol. The molecule has 1 unspecified atom stereocenters. The van der Waals surface area contributed by atoms with Gasteiger partial charge >= 0.3 is 0 Å². The Hall–Kier alpha value is -1.39. The third-order valence-electron chi connectivity index (χ3n) is 2.38. The van der Waals surface area contributed by atoms with E-state index in [0.717, 1.165) is 10.8 Å². The van der Waals surface area contributed by atoms with Crippen molar-refractivity contribution in [2.45, 2.75) is 13.0 Å². The summed E-state index contributed by atoms with van der Waals surface area (Å²) in [5.74, 6) is 0.476. The highest BCUT2D eigenvalue weighted by atomic mass is 35.5. The predicted octanol–water partition coefficient (Wildman–Crippen LogP) is 2.35. The van der Waals surface area contributed by atoms with E-state index in [2.05, 4.69) is 9.97 Å². The maximum atomic E-state index is 9.63. The lowest BCUT2D eigenvalue weighted by molar-refractivity contribution is 0.200. The number of aromatic nitrogens is 2. The zero-order valence-electron chi connectivity index (χ0n) is 8.94. The fraction of sp³-hybridized carbons (Fsp3) is 0.273. The molecule has 0 amide bonds. The topological polar surface area (TPSA) is 55.2 Å². The molecule has 1 N–H and O–H groups in total. The fourth-order valence-corrected chi connectivity index (χ4v) is 1.76. The van der Waals surface area contributed by atoms with Gasteiger partial charge in [-0.15, -0.1) is 0 Å². The Morgan fingerprint density at radius 1 is 1.31 bits per heavy atom. The number of fused-ring (bicyclic) bond motifs is 1. The number of nitrogens with zero attached hydrogens (tertiary/aromatic N) is 2. The van der Waals surface area contributed by atoms with E-state index in [9.17, 15) is 5.11 Å². The molecule has 0 aliphatic heterocycles. The molecule has 0 spiro atoms. The molecule has 2 rings (SSSR count). The summed E-state index contributed by atoms with van der Waals surface area (Å²) in [7, 11) is 1.54. The van der Waals surface area contributed by atoms with Crippen molar-refractivity contribution in [2.24, 2.45) is 0 Å². The van der Waals surface area contributed by atoms with Crippen LogP contribution < -0.4 is 4.74 Å². The van der Waals surface area contributed by atoms with Gasteiger partial charge in [-0.25, -0.2) is 9.97 Å². The van der Waals surface area contributed by atoms with Crippen molar-refractivity contribution in [3.63, 3.8) is 0 Å². The molecule has 0 saturated heterocycles. The van der Waals surface area contributed by atoms with Crippen LogP contribution in [0.4, 0.5) is 0 Å². The van der Waals surface area contributed by atoms with Crippen LogP contribution in [-0.2, 0) is 0 Å². The molecule has 0 bridgehead atoms. The lowest BCUT2D eigenvalue weighted by Crippen LogP contribution is -1.98. The van der Waals surface area contributed by atoms with Gasteiger partial charge in [0.15, 0.2) is 0 Å². The van der Waals surface area contributed by atoms with Gasteiger partial charge in [-0.1, -0.05) is 11.6 Å². The number of hydrogen-bond acceptors (Lipinski definition) is 4. The van der Waals surface area contributed by atoms with Gasteiger partial charge in [-0.05, 0) is 18.4 Å². The highest BCUT2D eigenvalue weighted by Gasteiger charge is 2.12. The van der Waals surface area contributed by atoms with Crippen LogP contribution in [0.3, 0.4) is 0 Å².